The first-order valence-electron chi connectivity index (χ1n) is 13.3. The minimum Gasteiger partial charge on any atom is -0.462 e. The van der Waals surface area contributed by atoms with E-state index >= 15 is 0 Å². The average Bonchev–Trinajstić information content (AvgIpc) is 2.91. The van der Waals surface area contributed by atoms with Gasteiger partial charge in [-0.25, -0.2) is 9.59 Å². The van der Waals surface area contributed by atoms with Crippen LogP contribution in [-0.4, -0.2) is 104 Å². The quantitative estimate of drug-likeness (QED) is 0.0777. The number of esters is 2. The Morgan fingerprint density at radius 1 is 0.378 bits per heavy atom. The fourth-order valence-corrected chi connectivity index (χ4v) is 2.71. The summed E-state index contributed by atoms with van der Waals surface area (Å²) >= 11 is 0. The van der Waals surface area contributed by atoms with Gasteiger partial charge in [-0.15, -0.1) is 0 Å². The molecule has 0 unspecified atom stereocenters. The fraction of sp³-hybridized carbons (Fsp3) is 0.778. The second-order valence-corrected chi connectivity index (χ2v) is 7.89. The van der Waals surface area contributed by atoms with Gasteiger partial charge in [0.15, 0.2) is 0 Å². The zero-order chi connectivity index (χ0) is 27.1. The van der Waals surface area contributed by atoms with E-state index in [1.165, 1.54) is 0 Å². The molecule has 0 aromatic heterocycles. The van der Waals surface area contributed by atoms with E-state index in [1.807, 2.05) is 0 Å². The van der Waals surface area contributed by atoms with Crippen LogP contribution in [0.4, 0.5) is 0 Å². The standard InChI is InChI=1S/C27H48O10/c1-3-26(28)36-24-10-22-34-20-8-18-32-16-6-14-30-12-5-13-31-15-7-17-33-19-9-21-35-23-11-25-37-27(29)4-2/h3-4H,1-2,5-25H2. The topological polar surface area (TPSA) is 108 Å². The predicted octanol–water partition coefficient (Wildman–Crippen LogP) is 3.28. The van der Waals surface area contributed by atoms with E-state index < -0.39 is 11.9 Å². The Hall–Kier alpha value is -1.82. The van der Waals surface area contributed by atoms with Crippen LogP contribution in [0.25, 0.3) is 0 Å². The first kappa shape index (κ1) is 35.2. The monoisotopic (exact) mass is 532 g/mol. The third-order valence-electron chi connectivity index (χ3n) is 4.57. The highest BCUT2D eigenvalue weighted by atomic mass is 16.5. The molecule has 0 fully saturated rings. The van der Waals surface area contributed by atoms with Gasteiger partial charge in [0.1, 0.15) is 0 Å². The molecule has 0 N–H and O–H groups in total. The second-order valence-electron chi connectivity index (χ2n) is 7.89. The molecule has 0 atom stereocenters. The molecule has 0 bridgehead atoms. The molecule has 0 rings (SSSR count). The van der Waals surface area contributed by atoms with Crippen molar-refractivity contribution in [3.05, 3.63) is 25.3 Å². The molecule has 0 aliphatic heterocycles. The zero-order valence-corrected chi connectivity index (χ0v) is 22.5. The molecule has 216 valence electrons. The Morgan fingerprint density at radius 2 is 0.568 bits per heavy atom. The largest absolute Gasteiger partial charge is 0.462 e. The Kier molecular flexibility index (Phi) is 28.9. The van der Waals surface area contributed by atoms with Crippen molar-refractivity contribution in [2.24, 2.45) is 0 Å². The molecule has 0 aliphatic rings. The van der Waals surface area contributed by atoms with Crippen molar-refractivity contribution < 1.29 is 47.5 Å². The number of hydrogen-bond donors (Lipinski definition) is 0. The third kappa shape index (κ3) is 30.3. The van der Waals surface area contributed by atoms with Crippen LogP contribution < -0.4 is 0 Å². The van der Waals surface area contributed by atoms with Gasteiger partial charge in [-0.3, -0.25) is 0 Å². The maximum absolute atomic E-state index is 10.8. The number of rotatable bonds is 30. The molecular weight excluding hydrogens is 484 g/mol. The van der Waals surface area contributed by atoms with Crippen LogP contribution in [0, 0.1) is 0 Å². The highest BCUT2D eigenvalue weighted by Crippen LogP contribution is 1.95. The van der Waals surface area contributed by atoms with Crippen LogP contribution in [0.2, 0.25) is 0 Å². The van der Waals surface area contributed by atoms with Gasteiger partial charge >= 0.3 is 11.9 Å². The highest BCUT2D eigenvalue weighted by Gasteiger charge is 1.98. The van der Waals surface area contributed by atoms with E-state index in [4.69, 9.17) is 37.9 Å². The van der Waals surface area contributed by atoms with Crippen LogP contribution in [0.5, 0.6) is 0 Å². The van der Waals surface area contributed by atoms with Gasteiger partial charge in [0.2, 0.25) is 0 Å². The lowest BCUT2D eigenvalue weighted by atomic mass is 10.4. The summed E-state index contributed by atoms with van der Waals surface area (Å²) < 4.78 is 42.9. The lowest BCUT2D eigenvalue weighted by molar-refractivity contribution is -0.139. The summed E-state index contributed by atoms with van der Waals surface area (Å²) in [5.41, 5.74) is 0. The van der Waals surface area contributed by atoms with E-state index in [0.717, 1.165) is 44.3 Å². The summed E-state index contributed by atoms with van der Waals surface area (Å²) in [5.74, 6) is -0.808. The lowest BCUT2D eigenvalue weighted by Crippen LogP contribution is -2.08. The molecule has 0 aromatic carbocycles. The molecule has 0 spiro atoms. The van der Waals surface area contributed by atoms with Gasteiger partial charge < -0.3 is 37.9 Å². The predicted molar refractivity (Wildman–Crippen MR) is 140 cm³/mol. The summed E-state index contributed by atoms with van der Waals surface area (Å²) in [4.78, 5) is 21.7. The summed E-state index contributed by atoms with van der Waals surface area (Å²) in [6, 6.07) is 0. The SMILES string of the molecule is C=CC(=O)OCCCOCCCOCCCOCCCOCCCOCCCOCCCOC(=O)C=C. The minimum atomic E-state index is -0.404. The second kappa shape index (κ2) is 30.4. The van der Waals surface area contributed by atoms with Crippen molar-refractivity contribution in [1.82, 2.24) is 0 Å². The van der Waals surface area contributed by atoms with Crippen molar-refractivity contribution in [2.45, 2.75) is 44.9 Å². The number of carbonyl (C=O) groups excluding carboxylic acids is 2. The van der Waals surface area contributed by atoms with Crippen molar-refractivity contribution in [1.29, 1.82) is 0 Å². The van der Waals surface area contributed by atoms with Crippen molar-refractivity contribution >= 4 is 11.9 Å². The molecule has 10 nitrogen and oxygen atoms in total. The average molecular weight is 533 g/mol. The number of hydrogen-bond acceptors (Lipinski definition) is 10. The van der Waals surface area contributed by atoms with E-state index in [0.29, 0.717) is 105 Å². The van der Waals surface area contributed by atoms with Crippen molar-refractivity contribution in [3.8, 4) is 0 Å². The van der Waals surface area contributed by atoms with E-state index in [9.17, 15) is 9.59 Å². The molecule has 0 heterocycles. The van der Waals surface area contributed by atoms with Crippen molar-refractivity contribution in [2.75, 3.05) is 92.5 Å². The summed E-state index contributed by atoms with van der Waals surface area (Å²) in [6.07, 6.45) is 7.93. The van der Waals surface area contributed by atoms with Crippen molar-refractivity contribution in [3.63, 3.8) is 0 Å². The number of ether oxygens (including phenoxy) is 8. The molecule has 0 radical (unpaired) electrons. The molecule has 10 heteroatoms. The summed E-state index contributed by atoms with van der Waals surface area (Å²) in [7, 11) is 0. The highest BCUT2D eigenvalue weighted by molar-refractivity contribution is 5.81. The van der Waals surface area contributed by atoms with Crippen LogP contribution >= 0.6 is 0 Å². The van der Waals surface area contributed by atoms with Gasteiger partial charge in [0, 0.05) is 104 Å². The maximum atomic E-state index is 10.8. The van der Waals surface area contributed by atoms with Gasteiger partial charge in [0.05, 0.1) is 13.2 Å². The zero-order valence-electron chi connectivity index (χ0n) is 22.5. The van der Waals surface area contributed by atoms with E-state index in [2.05, 4.69) is 13.2 Å². The summed E-state index contributed by atoms with van der Waals surface area (Å²) in [6.45, 7) is 15.2. The molecule has 37 heavy (non-hydrogen) atoms. The lowest BCUT2D eigenvalue weighted by Gasteiger charge is -2.08. The Bertz CT molecular complexity index is 495. The van der Waals surface area contributed by atoms with Crippen LogP contribution in [0.15, 0.2) is 25.3 Å². The number of carbonyl (C=O) groups is 2. The molecule has 0 saturated carbocycles. The Morgan fingerprint density at radius 3 is 0.757 bits per heavy atom. The van der Waals surface area contributed by atoms with Gasteiger partial charge in [0.25, 0.3) is 0 Å². The smallest absolute Gasteiger partial charge is 0.330 e. The molecule has 0 saturated heterocycles. The van der Waals surface area contributed by atoms with Crippen LogP contribution in [0.3, 0.4) is 0 Å². The molecule has 0 amide bonds. The first-order chi connectivity index (χ1) is 18.2. The normalized spacial score (nSPS) is 10.8. The maximum Gasteiger partial charge on any atom is 0.330 e. The minimum absolute atomic E-state index is 0.349. The van der Waals surface area contributed by atoms with Crippen LogP contribution in [0.1, 0.15) is 44.9 Å². The molecule has 0 aliphatic carbocycles. The Labute approximate surface area is 222 Å². The van der Waals surface area contributed by atoms with E-state index in [-0.39, 0.29) is 0 Å². The van der Waals surface area contributed by atoms with E-state index in [1.54, 1.807) is 0 Å². The van der Waals surface area contributed by atoms with Gasteiger partial charge in [-0.1, -0.05) is 13.2 Å². The third-order valence-corrected chi connectivity index (χ3v) is 4.57. The molecular formula is C27H48O10. The van der Waals surface area contributed by atoms with Gasteiger partial charge in [-0.2, -0.15) is 0 Å². The van der Waals surface area contributed by atoms with Gasteiger partial charge in [-0.05, 0) is 32.1 Å². The summed E-state index contributed by atoms with van der Waals surface area (Å²) in [5, 5.41) is 0. The molecule has 0 aromatic rings. The van der Waals surface area contributed by atoms with Crippen LogP contribution in [-0.2, 0) is 47.5 Å². The first-order valence-corrected chi connectivity index (χ1v) is 13.3. The fourth-order valence-electron chi connectivity index (χ4n) is 2.71. The Balaban J connectivity index is 3.06.